The van der Waals surface area contributed by atoms with Crippen LogP contribution in [0, 0.1) is 10.1 Å². The summed E-state index contributed by atoms with van der Waals surface area (Å²) in [5.41, 5.74) is -0.269. The third-order valence-electron chi connectivity index (χ3n) is 3.37. The van der Waals surface area contributed by atoms with E-state index in [0.717, 1.165) is 6.07 Å². The number of non-ortho nitro benzene ring substituents is 1. The molecule has 0 unspecified atom stereocenters. The third kappa shape index (κ3) is 3.45. The standard InChI is InChI=1S/C12H14BrN3O5S/c13-9-12(17)14-4-6-15(7-5-14)22(20,21)11-3-1-2-10(8-11)16(18)19/h1-3,8H,4-7,9H2. The van der Waals surface area contributed by atoms with Crippen molar-refractivity contribution in [2.45, 2.75) is 4.90 Å². The second-order valence-electron chi connectivity index (χ2n) is 4.67. The van der Waals surface area contributed by atoms with E-state index >= 15 is 0 Å². The Bertz CT molecular complexity index is 686. The van der Waals surface area contributed by atoms with E-state index < -0.39 is 14.9 Å². The molecule has 1 aromatic carbocycles. The molecule has 0 radical (unpaired) electrons. The average molecular weight is 392 g/mol. The molecule has 0 saturated carbocycles. The Morgan fingerprint density at radius 2 is 1.91 bits per heavy atom. The van der Waals surface area contributed by atoms with Gasteiger partial charge in [0.2, 0.25) is 15.9 Å². The van der Waals surface area contributed by atoms with Crippen LogP contribution >= 0.6 is 15.9 Å². The highest BCUT2D eigenvalue weighted by molar-refractivity contribution is 9.09. The van der Waals surface area contributed by atoms with E-state index in [4.69, 9.17) is 0 Å². The fraction of sp³-hybridized carbons (Fsp3) is 0.417. The predicted molar refractivity (Wildman–Crippen MR) is 82.2 cm³/mol. The molecule has 0 spiro atoms. The summed E-state index contributed by atoms with van der Waals surface area (Å²) in [5.74, 6) is -0.0904. The Morgan fingerprint density at radius 1 is 1.27 bits per heavy atom. The Balaban J connectivity index is 2.17. The fourth-order valence-corrected chi connectivity index (χ4v) is 3.99. The molecule has 1 heterocycles. The molecule has 1 amide bonds. The molecular formula is C12H14BrN3O5S. The fourth-order valence-electron chi connectivity index (χ4n) is 2.17. The van der Waals surface area contributed by atoms with Crippen LogP contribution in [0.3, 0.4) is 0 Å². The minimum absolute atomic E-state index is 0.0904. The Morgan fingerprint density at radius 3 is 2.45 bits per heavy atom. The number of amides is 1. The minimum Gasteiger partial charge on any atom is -0.339 e. The number of halogens is 1. The number of hydrogen-bond acceptors (Lipinski definition) is 5. The first kappa shape index (κ1) is 16.8. The van der Waals surface area contributed by atoms with E-state index in [1.165, 1.54) is 22.5 Å². The molecule has 2 rings (SSSR count). The van der Waals surface area contributed by atoms with Gasteiger partial charge in [-0.2, -0.15) is 4.31 Å². The van der Waals surface area contributed by atoms with Crippen molar-refractivity contribution in [3.8, 4) is 0 Å². The molecule has 10 heteroatoms. The normalized spacial score (nSPS) is 16.5. The number of rotatable bonds is 4. The number of nitro benzene ring substituents is 1. The van der Waals surface area contributed by atoms with Gasteiger partial charge in [-0.25, -0.2) is 8.42 Å². The second-order valence-corrected chi connectivity index (χ2v) is 7.17. The van der Waals surface area contributed by atoms with Gasteiger partial charge < -0.3 is 4.90 Å². The topological polar surface area (TPSA) is 101 Å². The van der Waals surface area contributed by atoms with Gasteiger partial charge >= 0.3 is 0 Å². The van der Waals surface area contributed by atoms with Crippen molar-refractivity contribution in [2.75, 3.05) is 31.5 Å². The van der Waals surface area contributed by atoms with Gasteiger partial charge in [-0.3, -0.25) is 14.9 Å². The molecule has 1 saturated heterocycles. The summed E-state index contributed by atoms with van der Waals surface area (Å²) in [6, 6.07) is 4.96. The zero-order chi connectivity index (χ0) is 16.3. The molecule has 1 fully saturated rings. The van der Waals surface area contributed by atoms with Gasteiger partial charge in [-0.15, -0.1) is 0 Å². The van der Waals surface area contributed by atoms with Crippen LogP contribution in [-0.4, -0.2) is 60.0 Å². The SMILES string of the molecule is O=C(CBr)N1CCN(S(=O)(=O)c2cccc([N+](=O)[O-])c2)CC1. The molecular weight excluding hydrogens is 378 g/mol. The van der Waals surface area contributed by atoms with E-state index in [0.29, 0.717) is 13.1 Å². The number of nitrogens with zero attached hydrogens (tertiary/aromatic N) is 3. The maximum Gasteiger partial charge on any atom is 0.270 e. The number of hydrogen-bond donors (Lipinski definition) is 0. The number of piperazine rings is 1. The molecule has 0 aromatic heterocycles. The Hall–Kier alpha value is -1.52. The van der Waals surface area contributed by atoms with Crippen LogP contribution < -0.4 is 0 Å². The van der Waals surface area contributed by atoms with Crippen molar-refractivity contribution in [3.05, 3.63) is 34.4 Å². The van der Waals surface area contributed by atoms with Gasteiger partial charge in [0.15, 0.2) is 0 Å². The maximum atomic E-state index is 12.5. The summed E-state index contributed by atoms with van der Waals surface area (Å²) in [7, 11) is -3.79. The molecule has 1 aliphatic rings. The van der Waals surface area contributed by atoms with Gasteiger partial charge in [0, 0.05) is 38.3 Å². The van der Waals surface area contributed by atoms with Crippen LogP contribution in [0.25, 0.3) is 0 Å². The molecule has 22 heavy (non-hydrogen) atoms. The first-order chi connectivity index (χ1) is 10.4. The zero-order valence-corrected chi connectivity index (χ0v) is 13.9. The molecule has 1 aliphatic heterocycles. The smallest absolute Gasteiger partial charge is 0.270 e. The number of alkyl halides is 1. The number of carbonyl (C=O) groups is 1. The summed E-state index contributed by atoms with van der Waals surface area (Å²) < 4.78 is 26.2. The molecule has 0 bridgehead atoms. The van der Waals surface area contributed by atoms with Crippen molar-refractivity contribution in [1.82, 2.24) is 9.21 Å². The highest BCUT2D eigenvalue weighted by atomic mass is 79.9. The van der Waals surface area contributed by atoms with Crippen LogP contribution in [0.4, 0.5) is 5.69 Å². The van der Waals surface area contributed by atoms with Gasteiger partial charge in [0.1, 0.15) is 0 Å². The lowest BCUT2D eigenvalue weighted by atomic mass is 10.3. The number of benzene rings is 1. The largest absolute Gasteiger partial charge is 0.339 e. The summed E-state index contributed by atoms with van der Waals surface area (Å²) in [4.78, 5) is 23.1. The Labute approximate surface area is 136 Å². The van der Waals surface area contributed by atoms with Crippen molar-refractivity contribution in [3.63, 3.8) is 0 Å². The average Bonchev–Trinajstić information content (AvgIpc) is 2.54. The molecule has 0 aliphatic carbocycles. The number of carbonyl (C=O) groups excluding carboxylic acids is 1. The van der Waals surface area contributed by atoms with E-state index in [1.54, 1.807) is 4.90 Å². The summed E-state index contributed by atoms with van der Waals surface area (Å²) in [6.07, 6.45) is 0. The summed E-state index contributed by atoms with van der Waals surface area (Å²) in [6.45, 7) is 0.949. The van der Waals surface area contributed by atoms with E-state index in [9.17, 15) is 23.3 Å². The van der Waals surface area contributed by atoms with E-state index in [1.807, 2.05) is 0 Å². The lowest BCUT2D eigenvalue weighted by Crippen LogP contribution is -2.50. The molecule has 8 nitrogen and oxygen atoms in total. The van der Waals surface area contributed by atoms with Gasteiger partial charge in [-0.05, 0) is 6.07 Å². The molecule has 120 valence electrons. The van der Waals surface area contributed by atoms with Crippen LogP contribution in [0.15, 0.2) is 29.2 Å². The van der Waals surface area contributed by atoms with Crippen molar-refractivity contribution in [1.29, 1.82) is 0 Å². The van der Waals surface area contributed by atoms with E-state index in [2.05, 4.69) is 15.9 Å². The zero-order valence-electron chi connectivity index (χ0n) is 11.5. The van der Waals surface area contributed by atoms with Crippen molar-refractivity contribution < 1.29 is 18.1 Å². The summed E-state index contributed by atoms with van der Waals surface area (Å²) >= 11 is 3.08. The van der Waals surface area contributed by atoms with Gasteiger partial charge in [-0.1, -0.05) is 22.0 Å². The second kappa shape index (κ2) is 6.71. The van der Waals surface area contributed by atoms with Crippen LogP contribution in [0.5, 0.6) is 0 Å². The van der Waals surface area contributed by atoms with Gasteiger partial charge in [0.25, 0.3) is 5.69 Å². The van der Waals surface area contributed by atoms with Crippen LogP contribution in [-0.2, 0) is 14.8 Å². The highest BCUT2D eigenvalue weighted by Gasteiger charge is 2.30. The molecule has 1 aromatic rings. The van der Waals surface area contributed by atoms with Crippen LogP contribution in [0.1, 0.15) is 0 Å². The minimum atomic E-state index is -3.79. The first-order valence-electron chi connectivity index (χ1n) is 6.44. The lowest BCUT2D eigenvalue weighted by Gasteiger charge is -2.33. The highest BCUT2D eigenvalue weighted by Crippen LogP contribution is 2.22. The Kier molecular flexibility index (Phi) is 5.14. The van der Waals surface area contributed by atoms with Crippen LogP contribution in [0.2, 0.25) is 0 Å². The monoisotopic (exact) mass is 391 g/mol. The van der Waals surface area contributed by atoms with Crippen molar-refractivity contribution >= 4 is 37.5 Å². The predicted octanol–water partition coefficient (Wildman–Crippen LogP) is 0.823. The summed E-state index contributed by atoms with van der Waals surface area (Å²) in [5, 5.41) is 11.0. The van der Waals surface area contributed by atoms with Crippen molar-refractivity contribution in [2.24, 2.45) is 0 Å². The molecule has 0 atom stereocenters. The quantitative estimate of drug-likeness (QED) is 0.429. The molecule has 0 N–H and O–H groups in total. The maximum absolute atomic E-state index is 12.5. The first-order valence-corrected chi connectivity index (χ1v) is 9.01. The van der Waals surface area contributed by atoms with Gasteiger partial charge in [0.05, 0.1) is 15.1 Å². The third-order valence-corrected chi connectivity index (χ3v) is 5.75. The number of sulfonamides is 1. The number of nitro groups is 1. The van der Waals surface area contributed by atoms with E-state index in [-0.39, 0.29) is 34.9 Å². The lowest BCUT2D eigenvalue weighted by molar-refractivity contribution is -0.385.